The fourth-order valence-corrected chi connectivity index (χ4v) is 2.11. The number of halogens is 1. The Hall–Kier alpha value is -2.95. The predicted molar refractivity (Wildman–Crippen MR) is 95.5 cm³/mol. The summed E-state index contributed by atoms with van der Waals surface area (Å²) < 4.78 is 18.6. The highest BCUT2D eigenvalue weighted by Crippen LogP contribution is 2.14. The number of esters is 1. The van der Waals surface area contributed by atoms with Crippen LogP contribution in [-0.4, -0.2) is 18.0 Å². The van der Waals surface area contributed by atoms with Crippen LogP contribution in [0.3, 0.4) is 0 Å². The molecule has 0 saturated carbocycles. The Morgan fingerprint density at radius 2 is 1.84 bits per heavy atom. The summed E-state index contributed by atoms with van der Waals surface area (Å²) in [5.41, 5.74) is 2.72. The molecule has 0 bridgehead atoms. The van der Waals surface area contributed by atoms with Crippen molar-refractivity contribution in [2.45, 2.75) is 26.9 Å². The first kappa shape index (κ1) is 18.4. The normalized spacial score (nSPS) is 12.0. The number of ether oxygens (including phenoxy) is 1. The largest absolute Gasteiger partial charge is 0.449 e. The smallest absolute Gasteiger partial charge is 0.331 e. The van der Waals surface area contributed by atoms with E-state index in [0.717, 1.165) is 11.1 Å². The number of hydrogen-bond donors (Lipinski definition) is 1. The van der Waals surface area contributed by atoms with Gasteiger partial charge < -0.3 is 10.1 Å². The minimum atomic E-state index is -1.00. The van der Waals surface area contributed by atoms with Crippen molar-refractivity contribution in [3.63, 3.8) is 0 Å². The zero-order valence-corrected chi connectivity index (χ0v) is 14.4. The molecule has 1 N–H and O–H groups in total. The average Bonchev–Trinajstić information content (AvgIpc) is 2.57. The lowest BCUT2D eigenvalue weighted by Crippen LogP contribution is -2.29. The van der Waals surface area contributed by atoms with E-state index in [1.165, 1.54) is 19.1 Å². The summed E-state index contributed by atoms with van der Waals surface area (Å²) in [6, 6.07) is 12.0. The molecule has 2 rings (SSSR count). The Morgan fingerprint density at radius 3 is 2.52 bits per heavy atom. The summed E-state index contributed by atoms with van der Waals surface area (Å²) in [6.45, 7) is 5.02. The molecule has 0 heterocycles. The van der Waals surface area contributed by atoms with Crippen molar-refractivity contribution in [2.24, 2.45) is 0 Å². The quantitative estimate of drug-likeness (QED) is 0.660. The molecule has 0 aliphatic carbocycles. The van der Waals surface area contributed by atoms with E-state index in [-0.39, 0.29) is 0 Å². The highest BCUT2D eigenvalue weighted by molar-refractivity contribution is 5.96. The van der Waals surface area contributed by atoms with Crippen molar-refractivity contribution in [2.75, 3.05) is 5.32 Å². The van der Waals surface area contributed by atoms with Crippen LogP contribution in [-0.2, 0) is 14.3 Å². The molecule has 130 valence electrons. The van der Waals surface area contributed by atoms with E-state index in [1.54, 1.807) is 25.1 Å². The van der Waals surface area contributed by atoms with E-state index in [0.29, 0.717) is 11.3 Å². The number of amides is 1. The number of nitrogens with one attached hydrogen (secondary N) is 1. The number of carbonyl (C=O) groups is 2. The van der Waals surface area contributed by atoms with Gasteiger partial charge in [-0.05, 0) is 55.7 Å². The number of aryl methyl sites for hydroxylation is 2. The third-order valence-corrected chi connectivity index (χ3v) is 3.69. The van der Waals surface area contributed by atoms with Gasteiger partial charge in [-0.3, -0.25) is 4.79 Å². The highest BCUT2D eigenvalue weighted by Gasteiger charge is 2.17. The minimum absolute atomic E-state index is 0.312. The summed E-state index contributed by atoms with van der Waals surface area (Å²) in [5.74, 6) is -1.56. The molecular formula is C20H20FNO3. The second-order valence-corrected chi connectivity index (χ2v) is 5.72. The van der Waals surface area contributed by atoms with Gasteiger partial charge in [-0.15, -0.1) is 0 Å². The van der Waals surface area contributed by atoms with Crippen molar-refractivity contribution in [1.82, 2.24) is 0 Å². The van der Waals surface area contributed by atoms with Gasteiger partial charge >= 0.3 is 5.97 Å². The van der Waals surface area contributed by atoms with E-state index < -0.39 is 23.8 Å². The Morgan fingerprint density at radius 1 is 1.12 bits per heavy atom. The van der Waals surface area contributed by atoms with Crippen LogP contribution in [0.2, 0.25) is 0 Å². The Labute approximate surface area is 146 Å². The lowest BCUT2D eigenvalue weighted by atomic mass is 10.1. The second kappa shape index (κ2) is 8.24. The van der Waals surface area contributed by atoms with Crippen LogP contribution >= 0.6 is 0 Å². The summed E-state index contributed by atoms with van der Waals surface area (Å²) in [7, 11) is 0. The van der Waals surface area contributed by atoms with Gasteiger partial charge in [0, 0.05) is 11.8 Å². The number of hydrogen-bond acceptors (Lipinski definition) is 3. The Bertz CT molecular complexity index is 814. The molecule has 0 aromatic heterocycles. The van der Waals surface area contributed by atoms with E-state index in [4.69, 9.17) is 4.74 Å². The zero-order chi connectivity index (χ0) is 18.4. The van der Waals surface area contributed by atoms with E-state index in [1.807, 2.05) is 31.2 Å². The van der Waals surface area contributed by atoms with Crippen LogP contribution in [0.1, 0.15) is 23.6 Å². The van der Waals surface area contributed by atoms with Gasteiger partial charge in [0.15, 0.2) is 6.10 Å². The fraction of sp³-hybridized carbons (Fsp3) is 0.200. The molecule has 0 aliphatic heterocycles. The molecule has 0 saturated heterocycles. The van der Waals surface area contributed by atoms with Crippen LogP contribution < -0.4 is 5.32 Å². The van der Waals surface area contributed by atoms with Gasteiger partial charge in [-0.2, -0.15) is 0 Å². The number of rotatable bonds is 5. The second-order valence-electron chi connectivity index (χ2n) is 5.72. The van der Waals surface area contributed by atoms with E-state index in [2.05, 4.69) is 5.32 Å². The summed E-state index contributed by atoms with van der Waals surface area (Å²) in [6.07, 6.45) is 1.91. The molecule has 0 radical (unpaired) electrons. The van der Waals surface area contributed by atoms with Gasteiger partial charge in [0.25, 0.3) is 5.91 Å². The number of anilines is 1. The molecule has 0 aliphatic rings. The standard InChI is InChI=1S/C20H20FNO3/c1-13-6-4-5-7-16(13)9-11-19(23)25-15(3)20(24)22-17-10-8-14(2)18(21)12-17/h4-12,15H,1-3H3,(H,22,24)/b11-9+/t15-/m0/s1. The van der Waals surface area contributed by atoms with Crippen LogP contribution in [0.15, 0.2) is 48.5 Å². The van der Waals surface area contributed by atoms with Crippen LogP contribution in [0, 0.1) is 19.7 Å². The molecule has 2 aromatic rings. The van der Waals surface area contributed by atoms with Crippen molar-refractivity contribution in [1.29, 1.82) is 0 Å². The SMILES string of the molecule is Cc1ccc(NC(=O)[C@H](C)OC(=O)/C=C/c2ccccc2C)cc1F. The molecule has 1 amide bonds. The molecular weight excluding hydrogens is 321 g/mol. The lowest BCUT2D eigenvalue weighted by molar-refractivity contribution is -0.148. The first-order valence-corrected chi connectivity index (χ1v) is 7.88. The topological polar surface area (TPSA) is 55.4 Å². The van der Waals surface area contributed by atoms with Crippen LogP contribution in [0.4, 0.5) is 10.1 Å². The monoisotopic (exact) mass is 341 g/mol. The summed E-state index contributed by atoms with van der Waals surface area (Å²) >= 11 is 0. The first-order chi connectivity index (χ1) is 11.9. The van der Waals surface area contributed by atoms with Gasteiger partial charge in [0.05, 0.1) is 0 Å². The number of benzene rings is 2. The first-order valence-electron chi connectivity index (χ1n) is 7.88. The van der Waals surface area contributed by atoms with Crippen molar-refractivity contribution >= 4 is 23.6 Å². The maximum Gasteiger partial charge on any atom is 0.331 e. The van der Waals surface area contributed by atoms with Gasteiger partial charge in [-0.25, -0.2) is 9.18 Å². The van der Waals surface area contributed by atoms with Gasteiger partial charge in [0.2, 0.25) is 0 Å². The van der Waals surface area contributed by atoms with Crippen LogP contribution in [0.25, 0.3) is 6.08 Å². The predicted octanol–water partition coefficient (Wildman–Crippen LogP) is 4.03. The third-order valence-electron chi connectivity index (χ3n) is 3.69. The molecule has 0 spiro atoms. The van der Waals surface area contributed by atoms with Gasteiger partial charge in [-0.1, -0.05) is 30.3 Å². The van der Waals surface area contributed by atoms with Gasteiger partial charge in [0.1, 0.15) is 5.82 Å². The molecule has 0 fully saturated rings. The van der Waals surface area contributed by atoms with Crippen molar-refractivity contribution in [3.8, 4) is 0 Å². The maximum atomic E-state index is 13.5. The summed E-state index contributed by atoms with van der Waals surface area (Å²) in [4.78, 5) is 23.9. The summed E-state index contributed by atoms with van der Waals surface area (Å²) in [5, 5.41) is 2.52. The molecule has 0 unspecified atom stereocenters. The van der Waals surface area contributed by atoms with E-state index >= 15 is 0 Å². The molecule has 1 atom stereocenters. The zero-order valence-electron chi connectivity index (χ0n) is 14.4. The fourth-order valence-electron chi connectivity index (χ4n) is 2.11. The highest BCUT2D eigenvalue weighted by atomic mass is 19.1. The lowest BCUT2D eigenvalue weighted by Gasteiger charge is -2.12. The minimum Gasteiger partial charge on any atom is -0.449 e. The third kappa shape index (κ3) is 5.28. The van der Waals surface area contributed by atoms with Crippen molar-refractivity contribution < 1.29 is 18.7 Å². The molecule has 4 nitrogen and oxygen atoms in total. The Balaban J connectivity index is 1.92. The molecule has 25 heavy (non-hydrogen) atoms. The van der Waals surface area contributed by atoms with Crippen molar-refractivity contribution in [3.05, 3.63) is 71.0 Å². The molecule has 2 aromatic carbocycles. The van der Waals surface area contributed by atoms with E-state index in [9.17, 15) is 14.0 Å². The molecule has 5 heteroatoms. The number of carbonyl (C=O) groups excluding carboxylic acids is 2. The van der Waals surface area contributed by atoms with Crippen LogP contribution in [0.5, 0.6) is 0 Å². The Kier molecular flexibility index (Phi) is 6.06. The maximum absolute atomic E-state index is 13.5. The average molecular weight is 341 g/mol.